The van der Waals surface area contributed by atoms with E-state index in [4.69, 9.17) is 10.5 Å². The van der Waals surface area contributed by atoms with Crippen LogP contribution in [0.25, 0.3) is 0 Å². The van der Waals surface area contributed by atoms with Crippen LogP contribution in [0.4, 0.5) is 11.6 Å². The maximum Gasteiger partial charge on any atom is 0.148 e. The van der Waals surface area contributed by atoms with Gasteiger partial charge in [-0.05, 0) is 12.1 Å². The highest BCUT2D eigenvalue weighted by atomic mass is 16.5. The van der Waals surface area contributed by atoms with Crippen molar-refractivity contribution in [2.75, 3.05) is 30.8 Å². The summed E-state index contributed by atoms with van der Waals surface area (Å²) in [4.78, 5) is 0. The molecule has 16 heavy (non-hydrogen) atoms. The highest BCUT2D eigenvalue weighted by Crippen LogP contribution is 2.20. The summed E-state index contributed by atoms with van der Waals surface area (Å²) in [6.07, 6.45) is 1.28. The smallest absolute Gasteiger partial charge is 0.148 e. The van der Waals surface area contributed by atoms with Gasteiger partial charge in [0.05, 0.1) is 5.60 Å². The average molecular weight is 224 g/mol. The number of rotatable bonds is 3. The van der Waals surface area contributed by atoms with Gasteiger partial charge in [-0.1, -0.05) is 0 Å². The van der Waals surface area contributed by atoms with E-state index < -0.39 is 5.60 Å². The van der Waals surface area contributed by atoms with Gasteiger partial charge in [-0.15, -0.1) is 10.2 Å². The molecule has 0 aromatic carbocycles. The van der Waals surface area contributed by atoms with Crippen LogP contribution in [-0.4, -0.2) is 40.7 Å². The van der Waals surface area contributed by atoms with Gasteiger partial charge in [0.1, 0.15) is 11.6 Å². The van der Waals surface area contributed by atoms with Crippen molar-refractivity contribution < 1.29 is 9.84 Å². The van der Waals surface area contributed by atoms with Crippen molar-refractivity contribution in [1.29, 1.82) is 0 Å². The average Bonchev–Trinajstić information content (AvgIpc) is 2.29. The molecule has 0 radical (unpaired) electrons. The molecular formula is C10H16N4O2. The molecule has 0 saturated carbocycles. The number of nitrogens with one attached hydrogen (secondary N) is 1. The Morgan fingerprint density at radius 2 is 2.12 bits per heavy atom. The molecule has 0 atom stereocenters. The van der Waals surface area contributed by atoms with E-state index >= 15 is 0 Å². The Balaban J connectivity index is 1.88. The van der Waals surface area contributed by atoms with Gasteiger partial charge in [0, 0.05) is 32.6 Å². The number of ether oxygens (including phenoxy) is 1. The zero-order valence-corrected chi connectivity index (χ0v) is 9.02. The van der Waals surface area contributed by atoms with Crippen molar-refractivity contribution in [3.63, 3.8) is 0 Å². The Morgan fingerprint density at radius 3 is 2.75 bits per heavy atom. The van der Waals surface area contributed by atoms with E-state index in [9.17, 15) is 5.11 Å². The van der Waals surface area contributed by atoms with Crippen LogP contribution in [0, 0.1) is 0 Å². The molecule has 0 aliphatic carbocycles. The fourth-order valence-corrected chi connectivity index (χ4v) is 1.62. The largest absolute Gasteiger partial charge is 0.388 e. The summed E-state index contributed by atoms with van der Waals surface area (Å²) in [6.45, 7) is 1.66. The molecular weight excluding hydrogens is 208 g/mol. The van der Waals surface area contributed by atoms with Crippen LogP contribution in [0.2, 0.25) is 0 Å². The van der Waals surface area contributed by atoms with Gasteiger partial charge in [-0.2, -0.15) is 0 Å². The van der Waals surface area contributed by atoms with E-state index in [1.54, 1.807) is 12.1 Å². The number of hydrogen-bond acceptors (Lipinski definition) is 6. The van der Waals surface area contributed by atoms with Crippen LogP contribution in [0.3, 0.4) is 0 Å². The Bertz CT molecular complexity index is 335. The second kappa shape index (κ2) is 4.63. The number of aliphatic hydroxyl groups is 1. The molecule has 88 valence electrons. The first-order chi connectivity index (χ1) is 7.68. The quantitative estimate of drug-likeness (QED) is 0.669. The molecule has 2 rings (SSSR count). The highest BCUT2D eigenvalue weighted by Gasteiger charge is 2.29. The molecule has 6 nitrogen and oxygen atoms in total. The first-order valence-corrected chi connectivity index (χ1v) is 5.31. The minimum Gasteiger partial charge on any atom is -0.388 e. The number of nitrogen functional groups attached to an aromatic ring is 1. The standard InChI is InChI=1S/C10H16N4O2/c11-8-1-2-9(14-13-8)12-7-10(15)3-5-16-6-4-10/h1-2,15H,3-7H2,(H2,11,13)(H,12,14). The maximum absolute atomic E-state index is 10.2. The lowest BCUT2D eigenvalue weighted by molar-refractivity contribution is -0.0543. The van der Waals surface area contributed by atoms with Gasteiger partial charge in [0.2, 0.25) is 0 Å². The van der Waals surface area contributed by atoms with E-state index in [0.717, 1.165) is 0 Å². The molecule has 1 aliphatic rings. The predicted molar refractivity (Wildman–Crippen MR) is 59.9 cm³/mol. The third-order valence-electron chi connectivity index (χ3n) is 2.71. The predicted octanol–water partition coefficient (Wildman–Crippen LogP) is 0.0122. The van der Waals surface area contributed by atoms with Crippen molar-refractivity contribution in [3.8, 4) is 0 Å². The van der Waals surface area contributed by atoms with Gasteiger partial charge in [-0.25, -0.2) is 0 Å². The van der Waals surface area contributed by atoms with Crippen molar-refractivity contribution in [1.82, 2.24) is 10.2 Å². The second-order valence-electron chi connectivity index (χ2n) is 4.03. The van der Waals surface area contributed by atoms with Gasteiger partial charge >= 0.3 is 0 Å². The van der Waals surface area contributed by atoms with Gasteiger partial charge < -0.3 is 20.9 Å². The van der Waals surface area contributed by atoms with Gasteiger partial charge in [0.15, 0.2) is 0 Å². The molecule has 0 spiro atoms. The summed E-state index contributed by atoms with van der Waals surface area (Å²) >= 11 is 0. The maximum atomic E-state index is 10.2. The molecule has 4 N–H and O–H groups in total. The zero-order chi connectivity index (χ0) is 11.4. The van der Waals surface area contributed by atoms with E-state index in [2.05, 4.69) is 15.5 Å². The summed E-state index contributed by atoms with van der Waals surface area (Å²) in [6, 6.07) is 3.41. The summed E-state index contributed by atoms with van der Waals surface area (Å²) < 4.78 is 5.20. The third-order valence-corrected chi connectivity index (χ3v) is 2.71. The van der Waals surface area contributed by atoms with E-state index in [1.807, 2.05) is 0 Å². The summed E-state index contributed by atoms with van der Waals surface area (Å²) in [5.74, 6) is 1.00. The number of nitrogens with zero attached hydrogens (tertiary/aromatic N) is 2. The lowest BCUT2D eigenvalue weighted by atomic mass is 9.94. The van der Waals surface area contributed by atoms with Crippen molar-refractivity contribution in [2.45, 2.75) is 18.4 Å². The van der Waals surface area contributed by atoms with Gasteiger partial charge in [0.25, 0.3) is 0 Å². The topological polar surface area (TPSA) is 93.3 Å². The normalized spacial score (nSPS) is 19.3. The Hall–Kier alpha value is -1.40. The molecule has 1 aliphatic heterocycles. The van der Waals surface area contributed by atoms with E-state index in [0.29, 0.717) is 44.2 Å². The molecule has 1 fully saturated rings. The van der Waals surface area contributed by atoms with E-state index in [-0.39, 0.29) is 0 Å². The highest BCUT2D eigenvalue weighted by molar-refractivity contribution is 5.38. The summed E-state index contributed by atoms with van der Waals surface area (Å²) in [5, 5.41) is 20.8. The number of hydrogen-bond donors (Lipinski definition) is 3. The van der Waals surface area contributed by atoms with Crippen molar-refractivity contribution in [3.05, 3.63) is 12.1 Å². The van der Waals surface area contributed by atoms with Gasteiger partial charge in [-0.3, -0.25) is 0 Å². The second-order valence-corrected chi connectivity index (χ2v) is 4.03. The fraction of sp³-hybridized carbons (Fsp3) is 0.600. The van der Waals surface area contributed by atoms with Crippen LogP contribution in [0.5, 0.6) is 0 Å². The molecule has 1 saturated heterocycles. The third kappa shape index (κ3) is 2.80. The number of aromatic nitrogens is 2. The SMILES string of the molecule is Nc1ccc(NCC2(O)CCOCC2)nn1. The minimum atomic E-state index is -0.707. The van der Waals surface area contributed by atoms with E-state index in [1.165, 1.54) is 0 Å². The Kier molecular flexibility index (Phi) is 3.21. The summed E-state index contributed by atoms with van der Waals surface area (Å²) in [7, 11) is 0. The minimum absolute atomic E-state index is 0.385. The first-order valence-electron chi connectivity index (χ1n) is 5.31. The Morgan fingerprint density at radius 1 is 1.38 bits per heavy atom. The lowest BCUT2D eigenvalue weighted by Gasteiger charge is -2.32. The number of nitrogens with two attached hydrogens (primary N) is 1. The molecule has 1 aromatic rings. The molecule has 6 heteroatoms. The lowest BCUT2D eigenvalue weighted by Crippen LogP contribution is -2.42. The Labute approximate surface area is 93.8 Å². The summed E-state index contributed by atoms with van der Waals surface area (Å²) in [5.41, 5.74) is 4.72. The molecule has 0 bridgehead atoms. The van der Waals surface area contributed by atoms with Crippen molar-refractivity contribution in [2.24, 2.45) is 0 Å². The van der Waals surface area contributed by atoms with Crippen LogP contribution < -0.4 is 11.1 Å². The number of anilines is 2. The zero-order valence-electron chi connectivity index (χ0n) is 9.02. The fourth-order valence-electron chi connectivity index (χ4n) is 1.62. The van der Waals surface area contributed by atoms with Crippen LogP contribution in [0.1, 0.15) is 12.8 Å². The molecule has 0 amide bonds. The molecule has 2 heterocycles. The van der Waals surface area contributed by atoms with Crippen LogP contribution >= 0.6 is 0 Å². The van der Waals surface area contributed by atoms with Crippen LogP contribution in [-0.2, 0) is 4.74 Å². The molecule has 1 aromatic heterocycles. The van der Waals surface area contributed by atoms with Crippen molar-refractivity contribution >= 4 is 11.6 Å². The first kappa shape index (κ1) is 11.1. The molecule has 0 unspecified atom stereocenters. The van der Waals surface area contributed by atoms with Crippen LogP contribution in [0.15, 0.2) is 12.1 Å². The monoisotopic (exact) mass is 224 g/mol.